The van der Waals surface area contributed by atoms with Gasteiger partial charge in [-0.2, -0.15) is 0 Å². The van der Waals surface area contributed by atoms with Crippen molar-refractivity contribution >= 4 is 0 Å². The molecule has 1 heterocycles. The average Bonchev–Trinajstić information content (AvgIpc) is 2.80. The summed E-state index contributed by atoms with van der Waals surface area (Å²) in [4.78, 5) is 0. The van der Waals surface area contributed by atoms with Crippen LogP contribution >= 0.6 is 0 Å². The van der Waals surface area contributed by atoms with E-state index in [-0.39, 0.29) is 0 Å². The van der Waals surface area contributed by atoms with E-state index >= 15 is 0 Å². The van der Waals surface area contributed by atoms with E-state index in [1.807, 2.05) is 0 Å². The molecule has 94 valence electrons. The van der Waals surface area contributed by atoms with Crippen LogP contribution in [0.5, 0.6) is 0 Å². The highest BCUT2D eigenvalue weighted by atomic mass is 16.5. The molecule has 0 amide bonds. The van der Waals surface area contributed by atoms with Crippen molar-refractivity contribution in [1.29, 1.82) is 0 Å². The molecule has 2 atom stereocenters. The third kappa shape index (κ3) is 2.60. The summed E-state index contributed by atoms with van der Waals surface area (Å²) in [6.07, 6.45) is 7.09. The van der Waals surface area contributed by atoms with Crippen LogP contribution in [0, 0.1) is 17.3 Å². The average molecular weight is 225 g/mol. The Labute approximate surface area is 100 Å². The smallest absolute Gasteiger partial charge is 0.0523 e. The third-order valence-electron chi connectivity index (χ3n) is 4.74. The Morgan fingerprint density at radius 2 is 2.06 bits per heavy atom. The van der Waals surface area contributed by atoms with E-state index in [0.29, 0.717) is 5.41 Å². The van der Waals surface area contributed by atoms with Crippen molar-refractivity contribution in [1.82, 2.24) is 5.32 Å². The zero-order valence-electron chi connectivity index (χ0n) is 10.9. The van der Waals surface area contributed by atoms with Gasteiger partial charge in [0.1, 0.15) is 0 Å². The molecule has 0 radical (unpaired) electrons. The van der Waals surface area contributed by atoms with Gasteiger partial charge in [0.2, 0.25) is 0 Å². The molecule has 2 heteroatoms. The summed E-state index contributed by atoms with van der Waals surface area (Å²) in [7, 11) is 0. The second-order valence-corrected chi connectivity index (χ2v) is 5.90. The van der Waals surface area contributed by atoms with Crippen molar-refractivity contribution in [2.75, 3.05) is 26.3 Å². The van der Waals surface area contributed by atoms with Crippen molar-refractivity contribution in [3.05, 3.63) is 0 Å². The van der Waals surface area contributed by atoms with E-state index in [2.05, 4.69) is 19.2 Å². The summed E-state index contributed by atoms with van der Waals surface area (Å²) < 4.78 is 5.74. The van der Waals surface area contributed by atoms with Crippen LogP contribution in [0.25, 0.3) is 0 Å². The molecule has 1 aliphatic heterocycles. The summed E-state index contributed by atoms with van der Waals surface area (Å²) in [6.45, 7) is 8.77. The molecular formula is C14H27NO. The van der Waals surface area contributed by atoms with E-state index < -0.39 is 0 Å². The summed E-state index contributed by atoms with van der Waals surface area (Å²) >= 11 is 0. The number of piperidine rings is 1. The van der Waals surface area contributed by atoms with Crippen LogP contribution in [0.2, 0.25) is 0 Å². The van der Waals surface area contributed by atoms with Gasteiger partial charge in [0.15, 0.2) is 0 Å². The Hall–Kier alpha value is -0.0800. The maximum Gasteiger partial charge on any atom is 0.0523 e. The summed E-state index contributed by atoms with van der Waals surface area (Å²) in [5.41, 5.74) is 0.427. The summed E-state index contributed by atoms with van der Waals surface area (Å²) in [5.74, 6) is 1.80. The molecule has 1 saturated carbocycles. The van der Waals surface area contributed by atoms with E-state index in [4.69, 9.17) is 4.74 Å². The largest absolute Gasteiger partial charge is 0.381 e. The molecule has 0 bridgehead atoms. The zero-order valence-corrected chi connectivity index (χ0v) is 10.9. The quantitative estimate of drug-likeness (QED) is 0.794. The molecule has 2 nitrogen and oxygen atoms in total. The molecule has 2 aliphatic rings. The normalized spacial score (nSPS) is 36.8. The van der Waals surface area contributed by atoms with Crippen molar-refractivity contribution in [3.63, 3.8) is 0 Å². The predicted octanol–water partition coefficient (Wildman–Crippen LogP) is 2.83. The van der Waals surface area contributed by atoms with Crippen molar-refractivity contribution in [3.8, 4) is 0 Å². The van der Waals surface area contributed by atoms with Crippen LogP contribution in [-0.4, -0.2) is 26.3 Å². The Bertz CT molecular complexity index is 213. The summed E-state index contributed by atoms with van der Waals surface area (Å²) in [6, 6.07) is 0. The number of rotatable bonds is 4. The third-order valence-corrected chi connectivity index (χ3v) is 4.74. The molecule has 2 rings (SSSR count). The monoisotopic (exact) mass is 225 g/mol. The van der Waals surface area contributed by atoms with E-state index in [0.717, 1.165) is 25.0 Å². The first-order valence-electron chi connectivity index (χ1n) is 7.05. The molecule has 0 aromatic heterocycles. The molecule has 16 heavy (non-hydrogen) atoms. The first kappa shape index (κ1) is 12.4. The second kappa shape index (κ2) is 5.50. The van der Waals surface area contributed by atoms with Gasteiger partial charge in [0.25, 0.3) is 0 Å². The minimum absolute atomic E-state index is 0.427. The van der Waals surface area contributed by atoms with Gasteiger partial charge in [0, 0.05) is 6.61 Å². The van der Waals surface area contributed by atoms with Crippen LogP contribution < -0.4 is 5.32 Å². The van der Waals surface area contributed by atoms with E-state index in [1.54, 1.807) is 0 Å². The molecule has 1 aliphatic carbocycles. The zero-order chi connectivity index (χ0) is 11.4. The number of ether oxygens (including phenoxy) is 1. The van der Waals surface area contributed by atoms with Crippen LogP contribution in [-0.2, 0) is 4.74 Å². The fourth-order valence-electron chi connectivity index (χ4n) is 3.67. The lowest BCUT2D eigenvalue weighted by Crippen LogP contribution is -2.48. The van der Waals surface area contributed by atoms with Gasteiger partial charge in [-0.1, -0.05) is 32.6 Å². The molecule has 1 N–H and O–H groups in total. The maximum atomic E-state index is 5.74. The lowest BCUT2D eigenvalue weighted by Gasteiger charge is -2.44. The number of hydrogen-bond donors (Lipinski definition) is 1. The fourth-order valence-corrected chi connectivity index (χ4v) is 3.67. The van der Waals surface area contributed by atoms with Crippen LogP contribution in [0.15, 0.2) is 0 Å². The van der Waals surface area contributed by atoms with Gasteiger partial charge < -0.3 is 10.1 Å². The molecule has 2 fully saturated rings. The van der Waals surface area contributed by atoms with Gasteiger partial charge in [-0.05, 0) is 43.7 Å². The van der Waals surface area contributed by atoms with Gasteiger partial charge in [-0.15, -0.1) is 0 Å². The summed E-state index contributed by atoms with van der Waals surface area (Å²) in [5, 5.41) is 3.59. The van der Waals surface area contributed by atoms with Crippen molar-refractivity contribution < 1.29 is 4.74 Å². The second-order valence-electron chi connectivity index (χ2n) is 5.90. The lowest BCUT2D eigenvalue weighted by molar-refractivity contribution is -0.0163. The predicted molar refractivity (Wildman–Crippen MR) is 67.5 cm³/mol. The number of hydrogen-bond acceptors (Lipinski definition) is 2. The minimum Gasteiger partial charge on any atom is -0.381 e. The molecule has 2 unspecified atom stereocenters. The highest BCUT2D eigenvalue weighted by Crippen LogP contribution is 2.44. The standard InChI is InChI=1S/C14H27NO/c1-3-16-11-14(2)8-9-15-10-13(14)12-6-4-5-7-12/h12-13,15H,3-11H2,1-2H3. The first-order chi connectivity index (χ1) is 7.76. The molecule has 0 spiro atoms. The van der Waals surface area contributed by atoms with Crippen LogP contribution in [0.3, 0.4) is 0 Å². The Balaban J connectivity index is 1.99. The highest BCUT2D eigenvalue weighted by Gasteiger charge is 2.41. The van der Waals surface area contributed by atoms with Crippen molar-refractivity contribution in [2.45, 2.75) is 46.0 Å². The minimum atomic E-state index is 0.427. The first-order valence-corrected chi connectivity index (χ1v) is 7.05. The van der Waals surface area contributed by atoms with Gasteiger partial charge in [0.05, 0.1) is 6.61 Å². The maximum absolute atomic E-state index is 5.74. The SMILES string of the molecule is CCOCC1(C)CCNCC1C1CCCC1. The van der Waals surface area contributed by atoms with Gasteiger partial charge in [-0.25, -0.2) is 0 Å². The topological polar surface area (TPSA) is 21.3 Å². The van der Waals surface area contributed by atoms with Crippen LogP contribution in [0.4, 0.5) is 0 Å². The Kier molecular flexibility index (Phi) is 4.26. The van der Waals surface area contributed by atoms with E-state index in [1.165, 1.54) is 45.2 Å². The lowest BCUT2D eigenvalue weighted by atomic mass is 9.66. The molecular weight excluding hydrogens is 198 g/mol. The van der Waals surface area contributed by atoms with Crippen LogP contribution in [0.1, 0.15) is 46.0 Å². The van der Waals surface area contributed by atoms with Gasteiger partial charge in [-0.3, -0.25) is 0 Å². The highest BCUT2D eigenvalue weighted by molar-refractivity contribution is 4.93. The molecule has 1 saturated heterocycles. The number of nitrogens with one attached hydrogen (secondary N) is 1. The van der Waals surface area contributed by atoms with Gasteiger partial charge >= 0.3 is 0 Å². The fraction of sp³-hybridized carbons (Fsp3) is 1.00. The Morgan fingerprint density at radius 3 is 2.75 bits per heavy atom. The molecule has 0 aromatic carbocycles. The van der Waals surface area contributed by atoms with E-state index in [9.17, 15) is 0 Å². The molecule has 0 aromatic rings. The van der Waals surface area contributed by atoms with Crippen molar-refractivity contribution in [2.24, 2.45) is 17.3 Å². The Morgan fingerprint density at radius 1 is 1.31 bits per heavy atom.